The van der Waals surface area contributed by atoms with Crippen LogP contribution in [0.15, 0.2) is 12.2 Å². The number of ether oxygens (including phenoxy) is 2. The highest BCUT2D eigenvalue weighted by molar-refractivity contribution is 7.47. The molecule has 0 aliphatic heterocycles. The number of esters is 2. The van der Waals surface area contributed by atoms with Gasteiger partial charge >= 0.3 is 19.8 Å². The molecule has 58 heavy (non-hydrogen) atoms. The molecule has 0 rings (SSSR count). The third-order valence-electron chi connectivity index (χ3n) is 10.8. The first-order chi connectivity index (χ1) is 28.0. The van der Waals surface area contributed by atoms with Crippen LogP contribution in [0.1, 0.15) is 232 Å². The van der Waals surface area contributed by atoms with E-state index in [2.05, 4.69) is 26.0 Å². The van der Waals surface area contributed by atoms with Crippen LogP contribution in [0.2, 0.25) is 0 Å². The average molecular weight is 845 g/mol. The summed E-state index contributed by atoms with van der Waals surface area (Å²) in [7, 11) is 1.48. The standard InChI is InChI=1S/C48H94NO8P/c1-6-8-10-12-14-16-18-20-22-24-25-27-28-30-32-34-36-38-40-47(50)54-44-46(45-56-58(52,53)55-43-42-49(3,4)5)57-48(51)41-39-37-35-33-31-29-26-23-21-19-17-15-13-11-9-7-2/h23,26,46H,6-22,24-25,27-45H2,1-5H3/p+1/b26-23-. The summed E-state index contributed by atoms with van der Waals surface area (Å²) in [4.78, 5) is 35.5. The van der Waals surface area contributed by atoms with E-state index in [1.165, 1.54) is 148 Å². The SMILES string of the molecule is CCCCCCCCC/C=C\CCCCCCCC(=O)OC(COC(=O)CCCCCCCCCCCCCCCCCCCC)COP(=O)(O)OCC[N+](C)(C)C. The Bertz CT molecular complexity index is 1000. The van der Waals surface area contributed by atoms with Crippen LogP contribution in [0.3, 0.4) is 0 Å². The van der Waals surface area contributed by atoms with E-state index in [0.29, 0.717) is 23.9 Å². The zero-order chi connectivity index (χ0) is 42.8. The van der Waals surface area contributed by atoms with E-state index < -0.39 is 26.5 Å². The molecule has 344 valence electrons. The van der Waals surface area contributed by atoms with Crippen molar-refractivity contribution in [2.75, 3.05) is 47.5 Å². The highest BCUT2D eigenvalue weighted by atomic mass is 31.2. The van der Waals surface area contributed by atoms with Gasteiger partial charge in [0.2, 0.25) is 0 Å². The Morgan fingerprint density at radius 2 is 0.879 bits per heavy atom. The summed E-state index contributed by atoms with van der Waals surface area (Å²) in [6.45, 7) is 4.45. The first kappa shape index (κ1) is 56.8. The Morgan fingerprint density at radius 3 is 1.28 bits per heavy atom. The molecule has 2 atom stereocenters. The molecule has 0 aromatic carbocycles. The van der Waals surface area contributed by atoms with Gasteiger partial charge in [-0.2, -0.15) is 0 Å². The van der Waals surface area contributed by atoms with Crippen LogP contribution in [0.5, 0.6) is 0 Å². The van der Waals surface area contributed by atoms with Crippen molar-refractivity contribution in [2.45, 2.75) is 238 Å². The van der Waals surface area contributed by atoms with Gasteiger partial charge in [0.15, 0.2) is 6.10 Å². The minimum Gasteiger partial charge on any atom is -0.462 e. The van der Waals surface area contributed by atoms with Gasteiger partial charge in [0.1, 0.15) is 19.8 Å². The number of likely N-dealkylation sites (N-methyl/N-ethyl adjacent to an activating group) is 1. The fourth-order valence-electron chi connectivity index (χ4n) is 6.95. The molecule has 0 aliphatic carbocycles. The lowest BCUT2D eigenvalue weighted by atomic mass is 10.0. The van der Waals surface area contributed by atoms with Crippen molar-refractivity contribution in [3.63, 3.8) is 0 Å². The van der Waals surface area contributed by atoms with Gasteiger partial charge in [0.25, 0.3) is 0 Å². The molecular formula is C48H95NO8P+. The number of rotatable bonds is 45. The number of carbonyl (C=O) groups is 2. The maximum Gasteiger partial charge on any atom is 0.472 e. The highest BCUT2D eigenvalue weighted by Crippen LogP contribution is 2.43. The second kappa shape index (κ2) is 41.1. The molecule has 0 aromatic heterocycles. The number of carbonyl (C=O) groups excluding carboxylic acids is 2. The van der Waals surface area contributed by atoms with Gasteiger partial charge in [-0.25, -0.2) is 4.57 Å². The van der Waals surface area contributed by atoms with Crippen LogP contribution in [0, 0.1) is 0 Å². The number of allylic oxidation sites excluding steroid dienone is 2. The van der Waals surface area contributed by atoms with Crippen LogP contribution in [-0.4, -0.2) is 74.9 Å². The predicted octanol–water partition coefficient (Wildman–Crippen LogP) is 14.1. The van der Waals surface area contributed by atoms with Crippen molar-refractivity contribution in [1.82, 2.24) is 0 Å². The largest absolute Gasteiger partial charge is 0.472 e. The van der Waals surface area contributed by atoms with Crippen LogP contribution >= 0.6 is 7.82 Å². The van der Waals surface area contributed by atoms with Crippen LogP contribution in [0.4, 0.5) is 0 Å². The minimum atomic E-state index is -4.37. The zero-order valence-electron chi connectivity index (χ0n) is 38.8. The van der Waals surface area contributed by atoms with E-state index in [-0.39, 0.29) is 25.6 Å². The van der Waals surface area contributed by atoms with Crippen molar-refractivity contribution < 1.29 is 42.1 Å². The summed E-state index contributed by atoms with van der Waals surface area (Å²) in [6.07, 6.45) is 44.0. The van der Waals surface area contributed by atoms with Gasteiger partial charge in [-0.1, -0.05) is 193 Å². The number of phosphoric acid groups is 1. The Morgan fingerprint density at radius 1 is 0.517 bits per heavy atom. The Labute approximate surface area is 358 Å². The smallest absolute Gasteiger partial charge is 0.462 e. The normalized spacial score (nSPS) is 13.6. The van der Waals surface area contributed by atoms with E-state index in [0.717, 1.165) is 51.4 Å². The second-order valence-corrected chi connectivity index (χ2v) is 19.3. The lowest BCUT2D eigenvalue weighted by Crippen LogP contribution is -2.37. The third kappa shape index (κ3) is 44.3. The van der Waals surface area contributed by atoms with Gasteiger partial charge in [-0.05, 0) is 38.5 Å². The average Bonchev–Trinajstić information content (AvgIpc) is 3.17. The third-order valence-corrected chi connectivity index (χ3v) is 11.8. The summed E-state index contributed by atoms with van der Waals surface area (Å²) < 4.78 is 34.4. The molecule has 0 saturated carbocycles. The molecule has 0 bridgehead atoms. The number of quaternary nitrogens is 1. The van der Waals surface area contributed by atoms with Crippen molar-refractivity contribution in [1.29, 1.82) is 0 Å². The van der Waals surface area contributed by atoms with Crippen LogP contribution in [-0.2, 0) is 32.7 Å². The fourth-order valence-corrected chi connectivity index (χ4v) is 7.69. The first-order valence-corrected chi connectivity index (χ1v) is 25.9. The van der Waals surface area contributed by atoms with Crippen molar-refractivity contribution in [3.8, 4) is 0 Å². The lowest BCUT2D eigenvalue weighted by molar-refractivity contribution is -0.870. The molecule has 1 N–H and O–H groups in total. The topological polar surface area (TPSA) is 108 Å². The number of nitrogens with zero attached hydrogens (tertiary/aromatic N) is 1. The quantitative estimate of drug-likeness (QED) is 0.0212. The maximum absolute atomic E-state index is 12.7. The Balaban J connectivity index is 4.26. The van der Waals surface area contributed by atoms with E-state index in [9.17, 15) is 19.0 Å². The lowest BCUT2D eigenvalue weighted by Gasteiger charge is -2.24. The summed E-state index contributed by atoms with van der Waals surface area (Å²) in [5, 5.41) is 0. The fraction of sp³-hybridized carbons (Fsp3) is 0.917. The molecular weight excluding hydrogens is 750 g/mol. The summed E-state index contributed by atoms with van der Waals surface area (Å²) >= 11 is 0. The summed E-state index contributed by atoms with van der Waals surface area (Å²) in [5.41, 5.74) is 0. The summed E-state index contributed by atoms with van der Waals surface area (Å²) in [6, 6.07) is 0. The van der Waals surface area contributed by atoms with Gasteiger partial charge < -0.3 is 18.9 Å². The number of hydrogen-bond donors (Lipinski definition) is 1. The monoisotopic (exact) mass is 845 g/mol. The molecule has 0 aliphatic rings. The number of phosphoric ester groups is 1. The molecule has 0 saturated heterocycles. The minimum absolute atomic E-state index is 0.0334. The van der Waals surface area contributed by atoms with Gasteiger partial charge in [0.05, 0.1) is 27.7 Å². The van der Waals surface area contributed by atoms with E-state index in [4.69, 9.17) is 18.5 Å². The molecule has 0 radical (unpaired) electrons. The van der Waals surface area contributed by atoms with Crippen LogP contribution < -0.4 is 0 Å². The van der Waals surface area contributed by atoms with Crippen LogP contribution in [0.25, 0.3) is 0 Å². The predicted molar refractivity (Wildman–Crippen MR) is 243 cm³/mol. The second-order valence-electron chi connectivity index (χ2n) is 17.9. The van der Waals surface area contributed by atoms with E-state index in [1.54, 1.807) is 0 Å². The molecule has 9 nitrogen and oxygen atoms in total. The Hall–Kier alpha value is -1.25. The van der Waals surface area contributed by atoms with E-state index >= 15 is 0 Å². The maximum atomic E-state index is 12.7. The van der Waals surface area contributed by atoms with E-state index in [1.807, 2.05) is 21.1 Å². The van der Waals surface area contributed by atoms with Gasteiger partial charge in [-0.3, -0.25) is 18.6 Å². The Kier molecular flexibility index (Phi) is 40.2. The molecule has 0 spiro atoms. The van der Waals surface area contributed by atoms with Crippen molar-refractivity contribution >= 4 is 19.8 Å². The highest BCUT2D eigenvalue weighted by Gasteiger charge is 2.27. The zero-order valence-corrected chi connectivity index (χ0v) is 39.7. The van der Waals surface area contributed by atoms with Crippen molar-refractivity contribution in [2.24, 2.45) is 0 Å². The molecule has 0 fully saturated rings. The molecule has 0 amide bonds. The summed E-state index contributed by atoms with van der Waals surface area (Å²) in [5.74, 6) is -0.795. The molecule has 10 heteroatoms. The van der Waals surface area contributed by atoms with Gasteiger partial charge in [0, 0.05) is 12.8 Å². The first-order valence-electron chi connectivity index (χ1n) is 24.4. The number of unbranched alkanes of at least 4 members (excludes halogenated alkanes) is 29. The molecule has 2 unspecified atom stereocenters. The number of hydrogen-bond acceptors (Lipinski definition) is 7. The van der Waals surface area contributed by atoms with Crippen molar-refractivity contribution in [3.05, 3.63) is 12.2 Å². The van der Waals surface area contributed by atoms with Gasteiger partial charge in [-0.15, -0.1) is 0 Å². The molecule has 0 heterocycles. The molecule has 0 aromatic rings.